The summed E-state index contributed by atoms with van der Waals surface area (Å²) < 4.78 is 5.38. The van der Waals surface area contributed by atoms with Crippen LogP contribution in [0.15, 0.2) is 231 Å². The molecule has 4 aliphatic rings. The van der Waals surface area contributed by atoms with Crippen LogP contribution in [0, 0.1) is 0 Å². The zero-order valence-electron chi connectivity index (χ0n) is 38.0. The SMILES string of the molecule is c1ccc(-c2cccc3c2c2c(-c4ccccc4)cc4c5c2n3-c2cc3c(cc2B5c2ccccc2-4)-n2c4cccc(-c5ccccc5)c4c4c(-c5ccccc5)cc5c(c42)B3c2ccccc2-5)cc1. The Labute approximate surface area is 405 Å². The van der Waals surface area contributed by atoms with E-state index in [0.29, 0.717) is 0 Å². The summed E-state index contributed by atoms with van der Waals surface area (Å²) in [4.78, 5) is 0. The summed E-state index contributed by atoms with van der Waals surface area (Å²) in [6.45, 7) is 0.105. The van der Waals surface area contributed by atoms with Gasteiger partial charge in [0, 0.05) is 32.9 Å². The van der Waals surface area contributed by atoms with Crippen LogP contribution in [0.3, 0.4) is 0 Å². The Morgan fingerprint density at radius 2 is 0.586 bits per heavy atom. The van der Waals surface area contributed by atoms with Crippen molar-refractivity contribution in [2.75, 3.05) is 0 Å². The molecule has 0 bridgehead atoms. The minimum absolute atomic E-state index is 0.0523. The summed E-state index contributed by atoms with van der Waals surface area (Å²) >= 11 is 0. The number of hydrogen-bond acceptors (Lipinski definition) is 0. The van der Waals surface area contributed by atoms with E-state index in [-0.39, 0.29) is 13.4 Å². The first-order valence-electron chi connectivity index (χ1n) is 24.7. The fraction of sp³-hybridized carbons (Fsp3) is 0. The predicted molar refractivity (Wildman–Crippen MR) is 297 cm³/mol. The van der Waals surface area contributed by atoms with Gasteiger partial charge < -0.3 is 9.13 Å². The van der Waals surface area contributed by atoms with Crippen LogP contribution < -0.4 is 32.8 Å². The highest BCUT2D eigenvalue weighted by Gasteiger charge is 2.47. The van der Waals surface area contributed by atoms with Gasteiger partial charge in [-0.25, -0.2) is 0 Å². The first kappa shape index (κ1) is 37.2. The van der Waals surface area contributed by atoms with Crippen LogP contribution in [0.25, 0.3) is 122 Å². The van der Waals surface area contributed by atoms with Crippen molar-refractivity contribution in [1.82, 2.24) is 9.13 Å². The van der Waals surface area contributed by atoms with Gasteiger partial charge in [0.25, 0.3) is 0 Å². The summed E-state index contributed by atoms with van der Waals surface area (Å²) in [5.41, 5.74) is 31.4. The van der Waals surface area contributed by atoms with E-state index in [1.54, 1.807) is 0 Å². The average Bonchev–Trinajstić information content (AvgIpc) is 4.17. The molecule has 0 saturated heterocycles. The Morgan fingerprint density at radius 1 is 0.243 bits per heavy atom. The van der Waals surface area contributed by atoms with E-state index in [1.807, 2.05) is 0 Å². The largest absolute Gasteiger partial charge is 0.310 e. The fourth-order valence-electron chi connectivity index (χ4n) is 13.9. The van der Waals surface area contributed by atoms with Crippen LogP contribution in [0.5, 0.6) is 0 Å². The Bertz CT molecular complexity index is 4170. The number of aromatic nitrogens is 2. The van der Waals surface area contributed by atoms with Crippen LogP contribution in [0.2, 0.25) is 0 Å². The molecule has 0 aliphatic carbocycles. The van der Waals surface area contributed by atoms with Gasteiger partial charge in [-0.2, -0.15) is 0 Å². The quantitative estimate of drug-likeness (QED) is 0.156. The molecule has 0 saturated carbocycles. The lowest BCUT2D eigenvalue weighted by Gasteiger charge is -2.31. The molecule has 0 radical (unpaired) electrons. The molecule has 17 rings (SSSR count). The third kappa shape index (κ3) is 4.57. The zero-order chi connectivity index (χ0) is 45.3. The lowest BCUT2D eigenvalue weighted by Crippen LogP contribution is -2.57. The van der Waals surface area contributed by atoms with Gasteiger partial charge in [-0.1, -0.05) is 205 Å². The molecule has 4 aliphatic heterocycles. The molecule has 4 heteroatoms. The summed E-state index contributed by atoms with van der Waals surface area (Å²) in [5.74, 6) is 0. The number of rotatable bonds is 4. The lowest BCUT2D eigenvalue weighted by molar-refractivity contribution is 1.16. The monoisotopic (exact) mass is 880 g/mol. The highest BCUT2D eigenvalue weighted by atomic mass is 15.0. The lowest BCUT2D eigenvalue weighted by atomic mass is 9.35. The van der Waals surface area contributed by atoms with Gasteiger partial charge >= 0.3 is 0 Å². The summed E-state index contributed by atoms with van der Waals surface area (Å²) in [6, 6.07) is 87.1. The van der Waals surface area contributed by atoms with E-state index in [9.17, 15) is 0 Å². The number of nitrogens with zero attached hydrogens (tertiary/aromatic N) is 2. The van der Waals surface area contributed by atoms with Crippen molar-refractivity contribution in [2.45, 2.75) is 0 Å². The Balaban J connectivity index is 1.07. The summed E-state index contributed by atoms with van der Waals surface area (Å²) in [7, 11) is 0. The molecule has 0 amide bonds. The Kier molecular flexibility index (Phi) is 7.13. The van der Waals surface area contributed by atoms with Gasteiger partial charge in [0.1, 0.15) is 0 Å². The molecule has 0 unspecified atom stereocenters. The van der Waals surface area contributed by atoms with E-state index in [1.165, 1.54) is 155 Å². The van der Waals surface area contributed by atoms with Crippen LogP contribution in [-0.4, -0.2) is 22.6 Å². The van der Waals surface area contributed by atoms with Crippen molar-refractivity contribution in [3.8, 4) is 78.1 Å². The molecule has 2 aromatic heterocycles. The van der Waals surface area contributed by atoms with Gasteiger partial charge in [0.2, 0.25) is 13.4 Å². The van der Waals surface area contributed by atoms with Gasteiger partial charge in [-0.05, 0) is 125 Å². The van der Waals surface area contributed by atoms with Crippen molar-refractivity contribution in [2.24, 2.45) is 0 Å². The van der Waals surface area contributed by atoms with Crippen molar-refractivity contribution in [3.63, 3.8) is 0 Å². The second kappa shape index (κ2) is 13.4. The van der Waals surface area contributed by atoms with Crippen molar-refractivity contribution < 1.29 is 0 Å². The second-order valence-electron chi connectivity index (χ2n) is 19.8. The maximum Gasteiger partial charge on any atom is 0.248 e. The molecule has 70 heavy (non-hydrogen) atoms. The van der Waals surface area contributed by atoms with Crippen LogP contribution in [0.4, 0.5) is 0 Å². The van der Waals surface area contributed by atoms with Gasteiger partial charge in [-0.15, -0.1) is 0 Å². The fourth-order valence-corrected chi connectivity index (χ4v) is 13.9. The van der Waals surface area contributed by atoms with E-state index in [2.05, 4.69) is 240 Å². The van der Waals surface area contributed by atoms with Crippen LogP contribution in [0.1, 0.15) is 0 Å². The second-order valence-corrected chi connectivity index (χ2v) is 19.8. The molecule has 0 atom stereocenters. The molecule has 13 aromatic rings. The first-order valence-corrected chi connectivity index (χ1v) is 24.7. The predicted octanol–water partition coefficient (Wildman–Crippen LogP) is 12.2. The topological polar surface area (TPSA) is 9.86 Å². The zero-order valence-corrected chi connectivity index (χ0v) is 38.0. The smallest absolute Gasteiger partial charge is 0.248 e. The first-order chi connectivity index (χ1) is 34.8. The molecule has 11 aromatic carbocycles. The molecule has 318 valence electrons. The van der Waals surface area contributed by atoms with Crippen molar-refractivity contribution >= 4 is 89.8 Å². The molecular formula is C66H38B2N2. The minimum Gasteiger partial charge on any atom is -0.310 e. The Morgan fingerprint density at radius 3 is 0.986 bits per heavy atom. The van der Waals surface area contributed by atoms with Gasteiger partial charge in [0.05, 0.1) is 22.1 Å². The number of fused-ring (bicyclic) bond motifs is 18. The molecule has 0 spiro atoms. The van der Waals surface area contributed by atoms with Crippen molar-refractivity contribution in [1.29, 1.82) is 0 Å². The van der Waals surface area contributed by atoms with Crippen molar-refractivity contribution in [3.05, 3.63) is 231 Å². The maximum absolute atomic E-state index is 2.69. The normalized spacial score (nSPS) is 13.1. The highest BCUT2D eigenvalue weighted by Crippen LogP contribution is 2.49. The third-order valence-corrected chi connectivity index (χ3v) is 16.5. The Hall–Kier alpha value is -8.85. The average molecular weight is 881 g/mol. The standard InChI is InChI=1S/C66H38B2N2/c1-5-19-39(20-6-1)43-29-17-33-55-59(43)61-47(41-23-9-3-10-24-41)35-49-45-27-13-15-31-51(45)67-53-38-58-54(37-57(53)69(55)65(61)63(49)67)68-52-32-16-14-28-46(52)50-36-48(42-25-11-4-12-26-42)62-60-44(40-21-7-2-8-22-40)30-18-34-56(60)70(58)66(62)64(50)68/h1-38H. The van der Waals surface area contributed by atoms with Gasteiger partial charge in [0.15, 0.2) is 0 Å². The van der Waals surface area contributed by atoms with E-state index < -0.39 is 0 Å². The van der Waals surface area contributed by atoms with E-state index in [4.69, 9.17) is 0 Å². The third-order valence-electron chi connectivity index (χ3n) is 16.5. The highest BCUT2D eigenvalue weighted by molar-refractivity contribution is 7.03. The number of hydrogen-bond donors (Lipinski definition) is 0. The molecule has 2 nitrogen and oxygen atoms in total. The molecule has 0 N–H and O–H groups in total. The minimum atomic E-state index is 0.0523. The summed E-state index contributed by atoms with van der Waals surface area (Å²) in [5, 5.41) is 5.28. The van der Waals surface area contributed by atoms with Crippen LogP contribution >= 0.6 is 0 Å². The molecule has 0 fully saturated rings. The summed E-state index contributed by atoms with van der Waals surface area (Å²) in [6.07, 6.45) is 0. The number of benzene rings is 11. The van der Waals surface area contributed by atoms with E-state index >= 15 is 0 Å². The molecule has 6 heterocycles. The van der Waals surface area contributed by atoms with Gasteiger partial charge in [-0.3, -0.25) is 0 Å². The van der Waals surface area contributed by atoms with E-state index in [0.717, 1.165) is 0 Å². The maximum atomic E-state index is 2.69. The molecular weight excluding hydrogens is 842 g/mol. The van der Waals surface area contributed by atoms with Crippen LogP contribution in [-0.2, 0) is 0 Å².